The molecular formula is C21H30N7O17P3. The van der Waals surface area contributed by atoms with Crippen molar-refractivity contribution in [3.8, 4) is 0 Å². The number of aliphatic hydroxyl groups is 3. The number of primary amides is 1. The lowest BCUT2D eigenvalue weighted by Gasteiger charge is -2.28. The molecular weight excluding hydrogens is 715 g/mol. The van der Waals surface area contributed by atoms with Gasteiger partial charge in [0.2, 0.25) is 5.91 Å². The topological polar surface area (TPSA) is 364 Å². The monoisotopic (exact) mass is 745 g/mol. The highest BCUT2D eigenvalue weighted by molar-refractivity contribution is 7.61. The molecule has 5 rings (SSSR count). The molecule has 2 saturated heterocycles. The van der Waals surface area contributed by atoms with Crippen LogP contribution in [0.15, 0.2) is 36.7 Å². The van der Waals surface area contributed by atoms with Crippen LogP contribution >= 0.6 is 23.5 Å². The number of ether oxygens (including phenoxy) is 2. The molecule has 2 unspecified atom stereocenters. The number of phosphoric ester groups is 3. The van der Waals surface area contributed by atoms with Crippen molar-refractivity contribution in [2.75, 3.05) is 18.9 Å². The minimum atomic E-state index is -5.52. The first kappa shape index (κ1) is 36.5. The molecule has 10 atom stereocenters. The first-order valence-corrected chi connectivity index (χ1v) is 18.0. The van der Waals surface area contributed by atoms with Crippen LogP contribution in [-0.2, 0) is 45.8 Å². The second-order valence-electron chi connectivity index (χ2n) is 10.4. The summed E-state index contributed by atoms with van der Waals surface area (Å²) in [6, 6.07) is 0. The number of nitrogens with two attached hydrogens (primary N) is 2. The van der Waals surface area contributed by atoms with Crippen molar-refractivity contribution in [2.24, 2.45) is 5.73 Å². The van der Waals surface area contributed by atoms with Crippen LogP contribution in [-0.4, -0.2) is 121 Å². The first-order chi connectivity index (χ1) is 22.4. The summed E-state index contributed by atoms with van der Waals surface area (Å²) >= 11 is 0. The minimum absolute atomic E-state index is 0.00424. The molecule has 48 heavy (non-hydrogen) atoms. The van der Waals surface area contributed by atoms with E-state index in [0.717, 1.165) is 17.2 Å². The summed E-state index contributed by atoms with van der Waals surface area (Å²) < 4.78 is 67.2. The molecule has 0 saturated carbocycles. The Morgan fingerprint density at radius 1 is 0.938 bits per heavy atom. The Morgan fingerprint density at radius 3 is 2.19 bits per heavy atom. The maximum absolute atomic E-state index is 12.6. The summed E-state index contributed by atoms with van der Waals surface area (Å²) in [6.45, 7) is -2.02. The lowest BCUT2D eigenvalue weighted by atomic mass is 10.1. The van der Waals surface area contributed by atoms with Crippen molar-refractivity contribution in [1.29, 1.82) is 0 Å². The van der Waals surface area contributed by atoms with Gasteiger partial charge < -0.3 is 60.7 Å². The van der Waals surface area contributed by atoms with Crippen molar-refractivity contribution in [3.05, 3.63) is 36.7 Å². The second-order valence-corrected chi connectivity index (χ2v) is 14.6. The molecule has 266 valence electrons. The van der Waals surface area contributed by atoms with E-state index in [2.05, 4.69) is 23.8 Å². The van der Waals surface area contributed by atoms with Gasteiger partial charge >= 0.3 is 23.5 Å². The predicted octanol–water partition coefficient (Wildman–Crippen LogP) is -2.57. The number of rotatable bonds is 13. The molecule has 2 fully saturated rings. The Kier molecular flexibility index (Phi) is 10.6. The van der Waals surface area contributed by atoms with E-state index in [9.17, 15) is 53.4 Å². The molecule has 2 aromatic heterocycles. The molecule has 11 N–H and O–H groups in total. The van der Waals surface area contributed by atoms with Gasteiger partial charge in [-0.1, -0.05) is 6.08 Å². The maximum atomic E-state index is 12.6. The number of amides is 1. The summed E-state index contributed by atoms with van der Waals surface area (Å²) in [6.07, 6.45) is -6.47. The van der Waals surface area contributed by atoms with Crippen LogP contribution in [0.2, 0.25) is 0 Å². The van der Waals surface area contributed by atoms with Gasteiger partial charge in [0.15, 0.2) is 23.9 Å². The standard InChI is InChI=1S/C21H30N7O17P3/c22-17-12-19(25-7-24-17)28(8-26-12)21-16(44-46(33,34)35)14(30)11(43-21)6-41-48(38,39)45-47(36,37)40-5-10-13(29)15(31)20(42-10)27-3-1-2-9(4-27)18(23)32/h1,3-4,7-8,10-11,13-16,20-21,29-31H,2,5-6H2,(H2,23,32)(H,36,37)(H,38,39)(H2,22,24,25)(H2,33,34,35)/t10-,11+,13-,14-,15+,16-,20-,21+/m1/s1. The van der Waals surface area contributed by atoms with Crippen molar-refractivity contribution < 1.29 is 80.7 Å². The number of carbonyl (C=O) groups is 1. The van der Waals surface area contributed by atoms with Gasteiger partial charge in [0, 0.05) is 18.0 Å². The van der Waals surface area contributed by atoms with E-state index in [1.165, 1.54) is 23.4 Å². The molecule has 0 aliphatic carbocycles. The zero-order valence-electron chi connectivity index (χ0n) is 24.1. The van der Waals surface area contributed by atoms with Crippen molar-refractivity contribution in [2.45, 2.75) is 55.5 Å². The maximum Gasteiger partial charge on any atom is 0.481 e. The Hall–Kier alpha value is -2.73. The number of hydrogen-bond acceptors (Lipinski definition) is 18. The van der Waals surface area contributed by atoms with Gasteiger partial charge in [0.05, 0.1) is 19.5 Å². The Bertz CT molecular complexity index is 1740. The Morgan fingerprint density at radius 2 is 1.56 bits per heavy atom. The average Bonchev–Trinajstić information content (AvgIpc) is 3.64. The van der Waals surface area contributed by atoms with Gasteiger partial charge in [0.25, 0.3) is 0 Å². The smallest absolute Gasteiger partial charge is 0.387 e. The number of aliphatic hydroxyl groups excluding tert-OH is 3. The number of carbonyl (C=O) groups excluding carboxylic acids is 1. The van der Waals surface area contributed by atoms with Crippen LogP contribution in [0.4, 0.5) is 5.82 Å². The molecule has 3 aliphatic rings. The van der Waals surface area contributed by atoms with E-state index < -0.39 is 91.7 Å². The van der Waals surface area contributed by atoms with Crippen molar-refractivity contribution in [3.63, 3.8) is 0 Å². The number of aromatic nitrogens is 4. The molecule has 27 heteroatoms. The zero-order chi connectivity index (χ0) is 35.2. The van der Waals surface area contributed by atoms with Gasteiger partial charge in [-0.15, -0.1) is 0 Å². The van der Waals surface area contributed by atoms with Crippen molar-refractivity contribution >= 4 is 46.4 Å². The minimum Gasteiger partial charge on any atom is -0.387 e. The molecule has 0 radical (unpaired) electrons. The van der Waals surface area contributed by atoms with E-state index in [4.69, 9.17) is 30.0 Å². The zero-order valence-corrected chi connectivity index (χ0v) is 26.8. The molecule has 3 aliphatic heterocycles. The van der Waals surface area contributed by atoms with Gasteiger partial charge in [-0.05, 0) is 6.42 Å². The number of hydrogen-bond donors (Lipinski definition) is 9. The predicted molar refractivity (Wildman–Crippen MR) is 153 cm³/mol. The third-order valence-electron chi connectivity index (χ3n) is 7.11. The van der Waals surface area contributed by atoms with Crippen LogP contribution in [0.25, 0.3) is 11.2 Å². The molecule has 1 amide bonds. The number of anilines is 1. The average molecular weight is 745 g/mol. The van der Waals surface area contributed by atoms with Crippen LogP contribution in [0, 0.1) is 0 Å². The van der Waals surface area contributed by atoms with Crippen molar-refractivity contribution in [1.82, 2.24) is 24.4 Å². The van der Waals surface area contributed by atoms with Gasteiger partial charge in [0.1, 0.15) is 48.5 Å². The highest BCUT2D eigenvalue weighted by atomic mass is 31.3. The number of allylic oxidation sites excluding steroid dienone is 1. The lowest BCUT2D eigenvalue weighted by molar-refractivity contribution is -0.115. The quantitative estimate of drug-likeness (QED) is 0.0951. The fraction of sp³-hybridized carbons (Fsp3) is 0.524. The highest BCUT2D eigenvalue weighted by Gasteiger charge is 2.51. The number of nitrogen functional groups attached to an aromatic ring is 1. The van der Waals surface area contributed by atoms with E-state index >= 15 is 0 Å². The number of phosphoric acid groups is 3. The molecule has 2 aromatic rings. The van der Waals surface area contributed by atoms with Crippen LogP contribution < -0.4 is 11.5 Å². The molecule has 5 heterocycles. The fourth-order valence-corrected chi connectivity index (χ4v) is 7.57. The fourth-order valence-electron chi connectivity index (χ4n) is 4.93. The number of fused-ring (bicyclic) bond motifs is 1. The molecule has 0 spiro atoms. The van der Waals surface area contributed by atoms with E-state index in [0.29, 0.717) is 0 Å². The van der Waals surface area contributed by atoms with Gasteiger partial charge in [-0.25, -0.2) is 28.6 Å². The van der Waals surface area contributed by atoms with E-state index in [1.54, 1.807) is 0 Å². The second kappa shape index (κ2) is 13.9. The number of imidazole rings is 1. The normalized spacial score (nSPS) is 31.9. The third-order valence-corrected chi connectivity index (χ3v) is 10.2. The highest BCUT2D eigenvalue weighted by Crippen LogP contribution is 2.61. The third kappa shape index (κ3) is 8.17. The number of nitrogens with zero attached hydrogens (tertiary/aromatic N) is 5. The van der Waals surface area contributed by atoms with E-state index in [1.807, 2.05) is 0 Å². The van der Waals surface area contributed by atoms with Gasteiger partial charge in [-0.2, -0.15) is 4.31 Å². The molecule has 24 nitrogen and oxygen atoms in total. The summed E-state index contributed by atoms with van der Waals surface area (Å²) in [4.78, 5) is 63.4. The van der Waals surface area contributed by atoms with Gasteiger partial charge in [-0.3, -0.25) is 22.9 Å². The first-order valence-electron chi connectivity index (χ1n) is 13.5. The summed E-state index contributed by atoms with van der Waals surface area (Å²) in [7, 11) is -16.3. The Labute approximate surface area is 268 Å². The lowest BCUT2D eigenvalue weighted by Crippen LogP contribution is -2.40. The SMILES string of the molecule is NC(=O)C1=CN([C@@H]2O[C@H](COP(=O)(O)OP(=O)(O)OC[C@@H]3O[C@H](n4cnc5c(N)ncnc54)[C@H](OP(=O)(O)O)[C@@H]3O)[C@@H](O)[C@@H]2O)C=CC1. The van der Waals surface area contributed by atoms with E-state index in [-0.39, 0.29) is 29.0 Å². The Balaban J connectivity index is 1.20. The van der Waals surface area contributed by atoms with Crippen LogP contribution in [0.5, 0.6) is 0 Å². The summed E-state index contributed by atoms with van der Waals surface area (Å²) in [5.41, 5.74) is 11.3. The molecule has 0 aromatic carbocycles. The van der Waals surface area contributed by atoms with Crippen LogP contribution in [0.3, 0.4) is 0 Å². The summed E-state index contributed by atoms with van der Waals surface area (Å²) in [5, 5.41) is 31.5. The largest absolute Gasteiger partial charge is 0.481 e. The molecule has 0 bridgehead atoms. The summed E-state index contributed by atoms with van der Waals surface area (Å²) in [5.74, 6) is -0.791. The van der Waals surface area contributed by atoms with Crippen LogP contribution in [0.1, 0.15) is 12.6 Å².